The fourth-order valence-corrected chi connectivity index (χ4v) is 3.49. The number of piperidine rings is 1. The van der Waals surface area contributed by atoms with Crippen LogP contribution in [0.1, 0.15) is 65.9 Å². The van der Waals surface area contributed by atoms with Gasteiger partial charge >= 0.3 is 0 Å². The van der Waals surface area contributed by atoms with Crippen LogP contribution in [0.5, 0.6) is 0 Å². The lowest BCUT2D eigenvalue weighted by molar-refractivity contribution is -0.139. The maximum Gasteiger partial charge on any atom is 0.245 e. The van der Waals surface area contributed by atoms with Gasteiger partial charge in [-0.25, -0.2) is 0 Å². The summed E-state index contributed by atoms with van der Waals surface area (Å²) in [6, 6.07) is 7.58. The Hall–Kier alpha value is -1.55. The van der Waals surface area contributed by atoms with Crippen LogP contribution in [0.2, 0.25) is 5.02 Å². The molecule has 0 spiro atoms. The molecule has 27 heavy (non-hydrogen) atoms. The number of hydrogen-bond acceptors (Lipinski definition) is 2. The summed E-state index contributed by atoms with van der Waals surface area (Å²) >= 11 is 5.97. The molecule has 1 aliphatic heterocycles. The van der Waals surface area contributed by atoms with Crippen LogP contribution in [-0.4, -0.2) is 35.8 Å². The van der Waals surface area contributed by atoms with Crippen LogP contribution in [-0.2, 0) is 9.59 Å². The largest absolute Gasteiger partial charge is 0.344 e. The first-order valence-corrected chi connectivity index (χ1v) is 10.1. The van der Waals surface area contributed by atoms with Crippen molar-refractivity contribution in [3.63, 3.8) is 0 Å². The van der Waals surface area contributed by atoms with Crippen LogP contribution < -0.4 is 5.32 Å². The van der Waals surface area contributed by atoms with E-state index in [1.807, 2.05) is 37.8 Å². The van der Waals surface area contributed by atoms with Crippen LogP contribution in [0, 0.1) is 11.8 Å². The van der Waals surface area contributed by atoms with Gasteiger partial charge in [0, 0.05) is 24.0 Å². The van der Waals surface area contributed by atoms with Gasteiger partial charge in [-0.3, -0.25) is 9.59 Å². The van der Waals surface area contributed by atoms with Crippen LogP contribution in [0.25, 0.3) is 0 Å². The third-order valence-corrected chi connectivity index (χ3v) is 5.70. The van der Waals surface area contributed by atoms with E-state index in [2.05, 4.69) is 24.4 Å². The van der Waals surface area contributed by atoms with Crippen molar-refractivity contribution in [2.75, 3.05) is 13.1 Å². The number of nitrogens with one attached hydrogen (secondary N) is 1. The molecule has 2 amide bonds. The van der Waals surface area contributed by atoms with E-state index in [1.54, 1.807) is 0 Å². The van der Waals surface area contributed by atoms with E-state index in [4.69, 9.17) is 11.6 Å². The Labute approximate surface area is 169 Å². The van der Waals surface area contributed by atoms with E-state index in [0.717, 1.165) is 37.4 Å². The van der Waals surface area contributed by atoms with Gasteiger partial charge in [-0.05, 0) is 42.4 Å². The van der Waals surface area contributed by atoms with Gasteiger partial charge in [0.25, 0.3) is 0 Å². The molecule has 0 aromatic heterocycles. The molecule has 1 fully saturated rings. The van der Waals surface area contributed by atoms with Crippen LogP contribution in [0.15, 0.2) is 24.3 Å². The van der Waals surface area contributed by atoms with Crippen molar-refractivity contribution in [3.05, 3.63) is 34.9 Å². The van der Waals surface area contributed by atoms with Gasteiger partial charge in [0.2, 0.25) is 11.8 Å². The average molecular weight is 395 g/mol. The van der Waals surface area contributed by atoms with Gasteiger partial charge in [-0.1, -0.05) is 65.3 Å². The number of nitrogens with zero attached hydrogens (tertiary/aromatic N) is 1. The highest BCUT2D eigenvalue weighted by atomic mass is 35.5. The molecule has 1 aromatic rings. The van der Waals surface area contributed by atoms with Gasteiger partial charge in [0.15, 0.2) is 0 Å². The van der Waals surface area contributed by atoms with E-state index < -0.39 is 6.04 Å². The Morgan fingerprint density at radius 3 is 2.19 bits per heavy atom. The zero-order chi connectivity index (χ0) is 19.3. The molecule has 0 radical (unpaired) electrons. The summed E-state index contributed by atoms with van der Waals surface area (Å²) < 4.78 is 0. The quantitative estimate of drug-likeness (QED) is 0.748. The van der Waals surface area contributed by atoms with Crippen molar-refractivity contribution < 1.29 is 9.59 Å². The molecule has 1 heterocycles. The average Bonchev–Trinajstić information content (AvgIpc) is 2.65. The summed E-state index contributed by atoms with van der Waals surface area (Å²) in [6.07, 6.45) is 2.74. The number of halogens is 1. The minimum Gasteiger partial charge on any atom is -0.344 e. The van der Waals surface area contributed by atoms with Gasteiger partial charge in [-0.2, -0.15) is 0 Å². The molecule has 152 valence electrons. The second-order valence-corrected chi connectivity index (χ2v) is 8.11. The summed E-state index contributed by atoms with van der Waals surface area (Å²) in [6.45, 7) is 9.26. The lowest BCUT2D eigenvalue weighted by Gasteiger charge is -2.36. The molecule has 0 bridgehead atoms. The van der Waals surface area contributed by atoms with Crippen LogP contribution >= 0.6 is 11.6 Å². The lowest BCUT2D eigenvalue weighted by Crippen LogP contribution is -2.53. The molecule has 2 rings (SSSR count). The van der Waals surface area contributed by atoms with E-state index in [9.17, 15) is 9.59 Å². The minimum atomic E-state index is -0.429. The Kier molecular flexibility index (Phi) is 9.31. The summed E-state index contributed by atoms with van der Waals surface area (Å²) in [5, 5.41) is 3.72. The Morgan fingerprint density at radius 1 is 1.15 bits per heavy atom. The van der Waals surface area contributed by atoms with Crippen LogP contribution in [0.3, 0.4) is 0 Å². The number of carbonyl (C=O) groups is 2. The molecule has 0 saturated carbocycles. The molecule has 1 aliphatic rings. The first kappa shape index (κ1) is 23.5. The number of carbonyl (C=O) groups excluding carboxylic acids is 2. The van der Waals surface area contributed by atoms with E-state index in [-0.39, 0.29) is 31.1 Å². The summed E-state index contributed by atoms with van der Waals surface area (Å²) in [4.78, 5) is 27.1. The first-order valence-electron chi connectivity index (χ1n) is 9.68. The monoisotopic (exact) mass is 394 g/mol. The van der Waals surface area contributed by atoms with E-state index >= 15 is 0 Å². The SMILES string of the molecule is C.CC[C@H](C)[C@@H](NC(=O)C(C)C)C(=O)N1CCC(c2ccc(Cl)cc2)CC1. The van der Waals surface area contributed by atoms with Gasteiger partial charge in [0.1, 0.15) is 6.04 Å². The number of likely N-dealkylation sites (tertiary alicyclic amines) is 1. The highest BCUT2D eigenvalue weighted by Crippen LogP contribution is 2.29. The van der Waals surface area contributed by atoms with Crippen molar-refractivity contribution >= 4 is 23.4 Å². The highest BCUT2D eigenvalue weighted by Gasteiger charge is 2.32. The Morgan fingerprint density at radius 2 is 1.70 bits per heavy atom. The topological polar surface area (TPSA) is 49.4 Å². The van der Waals surface area contributed by atoms with Gasteiger partial charge < -0.3 is 10.2 Å². The second-order valence-electron chi connectivity index (χ2n) is 7.68. The number of rotatable bonds is 6. The third kappa shape index (κ3) is 6.24. The standard InChI is InChI=1S/C21H31ClN2O2.CH4/c1-5-15(4)19(23-20(25)14(2)3)21(26)24-12-10-17(11-13-24)16-6-8-18(22)9-7-16;/h6-9,14-15,17,19H,5,10-13H2,1-4H3,(H,23,25);1H4/t15-,19+;/m0./s1. The number of amides is 2. The molecule has 1 aromatic carbocycles. The number of benzene rings is 1. The van der Waals surface area contributed by atoms with Crippen molar-refractivity contribution in [3.8, 4) is 0 Å². The molecule has 1 N–H and O–H groups in total. The maximum absolute atomic E-state index is 13.0. The number of hydrogen-bond donors (Lipinski definition) is 1. The molecule has 0 aliphatic carbocycles. The smallest absolute Gasteiger partial charge is 0.245 e. The van der Waals surface area contributed by atoms with Crippen molar-refractivity contribution in [2.45, 2.75) is 66.3 Å². The molecule has 0 unspecified atom stereocenters. The highest BCUT2D eigenvalue weighted by molar-refractivity contribution is 6.30. The molecular weight excluding hydrogens is 360 g/mol. The molecule has 1 saturated heterocycles. The zero-order valence-corrected chi connectivity index (χ0v) is 17.1. The predicted octanol–water partition coefficient (Wildman–Crippen LogP) is 4.87. The van der Waals surface area contributed by atoms with Crippen molar-refractivity contribution in [1.82, 2.24) is 10.2 Å². The normalized spacial score (nSPS) is 17.2. The fourth-order valence-electron chi connectivity index (χ4n) is 3.37. The summed E-state index contributed by atoms with van der Waals surface area (Å²) in [5.74, 6) is 0.468. The summed E-state index contributed by atoms with van der Waals surface area (Å²) in [5.41, 5.74) is 1.29. The molecular formula is C22H35ClN2O2. The maximum atomic E-state index is 13.0. The molecule has 4 nitrogen and oxygen atoms in total. The van der Waals surface area contributed by atoms with Crippen molar-refractivity contribution in [2.24, 2.45) is 11.8 Å². The van der Waals surface area contributed by atoms with E-state index in [1.165, 1.54) is 5.56 Å². The van der Waals surface area contributed by atoms with Crippen molar-refractivity contribution in [1.29, 1.82) is 0 Å². The molecule has 2 atom stereocenters. The lowest BCUT2D eigenvalue weighted by atomic mass is 9.88. The Bertz CT molecular complexity index is 607. The van der Waals surface area contributed by atoms with Gasteiger partial charge in [0.05, 0.1) is 0 Å². The van der Waals surface area contributed by atoms with Crippen LogP contribution in [0.4, 0.5) is 0 Å². The molecule has 5 heteroatoms. The zero-order valence-electron chi connectivity index (χ0n) is 16.3. The predicted molar refractivity (Wildman–Crippen MR) is 113 cm³/mol. The summed E-state index contributed by atoms with van der Waals surface area (Å²) in [7, 11) is 0. The minimum absolute atomic E-state index is 0. The second kappa shape index (κ2) is 10.7. The van der Waals surface area contributed by atoms with Gasteiger partial charge in [-0.15, -0.1) is 0 Å². The van der Waals surface area contributed by atoms with E-state index in [0.29, 0.717) is 5.92 Å². The Balaban J connectivity index is 0.00000364. The third-order valence-electron chi connectivity index (χ3n) is 5.45. The first-order chi connectivity index (χ1) is 12.3. The fraction of sp³-hybridized carbons (Fsp3) is 0.636.